The number of carboxylic acids is 1. The van der Waals surface area contributed by atoms with Crippen LogP contribution >= 0.6 is 11.6 Å². The molecule has 0 saturated heterocycles. The molecule has 0 aliphatic carbocycles. The molecule has 0 unspecified atom stereocenters. The summed E-state index contributed by atoms with van der Waals surface area (Å²) in [6, 6.07) is 3.34. The molecule has 0 bridgehead atoms. The molecule has 2 rings (SSSR count). The Kier molecular flexibility index (Phi) is 3.29. The number of aryl methyl sites for hydroxylation is 1. The van der Waals surface area contributed by atoms with Crippen molar-refractivity contribution in [3.63, 3.8) is 0 Å². The van der Waals surface area contributed by atoms with Crippen LogP contribution in [0.25, 0.3) is 11.5 Å². The Morgan fingerprint density at radius 1 is 1.47 bits per heavy atom. The third-order valence-electron chi connectivity index (χ3n) is 2.03. The van der Waals surface area contributed by atoms with Crippen LogP contribution in [0.2, 0.25) is 5.02 Å². The maximum Gasteiger partial charge on any atom is 0.305 e. The van der Waals surface area contributed by atoms with Gasteiger partial charge in [0.05, 0.1) is 18.0 Å². The molecule has 2 aromatic rings. The second kappa shape index (κ2) is 4.88. The normalized spacial score (nSPS) is 10.4. The van der Waals surface area contributed by atoms with Gasteiger partial charge in [0.25, 0.3) is 0 Å². The highest BCUT2D eigenvalue weighted by atomic mass is 35.5. The number of halogens is 1. The summed E-state index contributed by atoms with van der Waals surface area (Å²) in [6.45, 7) is 0.196. The van der Waals surface area contributed by atoms with Crippen LogP contribution in [-0.2, 0) is 11.3 Å². The van der Waals surface area contributed by atoms with E-state index >= 15 is 0 Å². The van der Waals surface area contributed by atoms with Gasteiger partial charge in [-0.25, -0.2) is 4.68 Å². The first-order chi connectivity index (χ1) is 8.16. The lowest BCUT2D eigenvalue weighted by molar-refractivity contribution is -0.137. The van der Waals surface area contributed by atoms with E-state index in [-0.39, 0.29) is 13.0 Å². The number of pyridine rings is 1. The van der Waals surface area contributed by atoms with Gasteiger partial charge in [-0.3, -0.25) is 9.78 Å². The Bertz CT molecular complexity index is 524. The SMILES string of the molecule is O=C(O)CCn1nnnc1-c1ccc(Cl)cn1. The van der Waals surface area contributed by atoms with Crippen LogP contribution in [0.15, 0.2) is 18.3 Å². The van der Waals surface area contributed by atoms with Gasteiger partial charge in [-0.05, 0) is 22.6 Å². The Labute approximate surface area is 101 Å². The van der Waals surface area contributed by atoms with E-state index < -0.39 is 5.97 Å². The Balaban J connectivity index is 2.24. The molecule has 8 heteroatoms. The van der Waals surface area contributed by atoms with Crippen molar-refractivity contribution >= 4 is 17.6 Å². The minimum Gasteiger partial charge on any atom is -0.481 e. The van der Waals surface area contributed by atoms with E-state index in [1.165, 1.54) is 10.9 Å². The van der Waals surface area contributed by atoms with Gasteiger partial charge in [0.1, 0.15) is 5.69 Å². The highest BCUT2D eigenvalue weighted by molar-refractivity contribution is 6.30. The Hall–Kier alpha value is -2.02. The maximum absolute atomic E-state index is 10.5. The quantitative estimate of drug-likeness (QED) is 0.869. The van der Waals surface area contributed by atoms with Gasteiger partial charge < -0.3 is 5.11 Å². The van der Waals surface area contributed by atoms with Gasteiger partial charge in [-0.1, -0.05) is 11.6 Å². The lowest BCUT2D eigenvalue weighted by Crippen LogP contribution is -2.08. The van der Waals surface area contributed by atoms with Crippen molar-refractivity contribution in [1.29, 1.82) is 0 Å². The average molecular weight is 254 g/mol. The molecule has 0 radical (unpaired) electrons. The van der Waals surface area contributed by atoms with E-state index in [4.69, 9.17) is 16.7 Å². The molecule has 0 spiro atoms. The number of tetrazole rings is 1. The van der Waals surface area contributed by atoms with E-state index in [0.717, 1.165) is 0 Å². The third-order valence-corrected chi connectivity index (χ3v) is 2.25. The molecular formula is C9H8ClN5O2. The van der Waals surface area contributed by atoms with Crippen LogP contribution in [-0.4, -0.2) is 36.3 Å². The fourth-order valence-electron chi connectivity index (χ4n) is 1.25. The number of carboxylic acid groups (broad SMARTS) is 1. The second-order valence-corrected chi connectivity index (χ2v) is 3.67. The van der Waals surface area contributed by atoms with Crippen LogP contribution in [0.3, 0.4) is 0 Å². The molecule has 1 N–H and O–H groups in total. The number of carbonyl (C=O) groups is 1. The minimum absolute atomic E-state index is 0.0500. The first-order valence-corrected chi connectivity index (χ1v) is 5.14. The van der Waals surface area contributed by atoms with Crippen molar-refractivity contribution in [1.82, 2.24) is 25.2 Å². The van der Waals surface area contributed by atoms with Crippen molar-refractivity contribution in [3.05, 3.63) is 23.4 Å². The number of hydrogen-bond donors (Lipinski definition) is 1. The van der Waals surface area contributed by atoms with Gasteiger partial charge in [0.15, 0.2) is 0 Å². The van der Waals surface area contributed by atoms with Crippen LogP contribution in [0.1, 0.15) is 6.42 Å². The number of aliphatic carboxylic acids is 1. The molecular weight excluding hydrogens is 246 g/mol. The van der Waals surface area contributed by atoms with Gasteiger partial charge in [-0.15, -0.1) is 5.10 Å². The van der Waals surface area contributed by atoms with Crippen LogP contribution in [0, 0.1) is 0 Å². The highest BCUT2D eigenvalue weighted by Gasteiger charge is 2.11. The summed E-state index contributed by atoms with van der Waals surface area (Å²) in [4.78, 5) is 14.5. The topological polar surface area (TPSA) is 93.8 Å². The van der Waals surface area contributed by atoms with Crippen LogP contribution in [0.4, 0.5) is 0 Å². The zero-order chi connectivity index (χ0) is 12.3. The Morgan fingerprint density at radius 2 is 2.29 bits per heavy atom. The van der Waals surface area contributed by atoms with Gasteiger partial charge in [0, 0.05) is 6.20 Å². The number of nitrogens with zero attached hydrogens (tertiary/aromatic N) is 5. The molecule has 0 atom stereocenters. The maximum atomic E-state index is 10.5. The molecule has 0 aliphatic rings. The van der Waals surface area contributed by atoms with E-state index in [1.54, 1.807) is 12.1 Å². The van der Waals surface area contributed by atoms with Crippen molar-refractivity contribution in [3.8, 4) is 11.5 Å². The first-order valence-electron chi connectivity index (χ1n) is 4.76. The fourth-order valence-corrected chi connectivity index (χ4v) is 1.36. The van der Waals surface area contributed by atoms with Crippen molar-refractivity contribution < 1.29 is 9.90 Å². The zero-order valence-corrected chi connectivity index (χ0v) is 9.37. The van der Waals surface area contributed by atoms with Crippen LogP contribution < -0.4 is 0 Å². The van der Waals surface area contributed by atoms with E-state index in [1.807, 2.05) is 0 Å². The third kappa shape index (κ3) is 2.76. The molecule has 88 valence electrons. The molecule has 2 heterocycles. The molecule has 2 aromatic heterocycles. The van der Waals surface area contributed by atoms with Crippen molar-refractivity contribution in [2.75, 3.05) is 0 Å². The molecule has 0 aliphatic heterocycles. The molecule has 7 nitrogen and oxygen atoms in total. The molecule has 0 amide bonds. The van der Waals surface area contributed by atoms with E-state index in [9.17, 15) is 4.79 Å². The predicted molar refractivity (Wildman–Crippen MR) is 58.3 cm³/mol. The number of rotatable bonds is 4. The standard InChI is InChI=1S/C9H8ClN5O2/c10-6-1-2-7(11-5-6)9-12-13-14-15(9)4-3-8(16)17/h1-2,5H,3-4H2,(H,16,17). The lowest BCUT2D eigenvalue weighted by atomic mass is 10.3. The van der Waals surface area contributed by atoms with Gasteiger partial charge in [0.2, 0.25) is 5.82 Å². The summed E-state index contributed by atoms with van der Waals surface area (Å²) in [5.74, 6) is -0.488. The largest absolute Gasteiger partial charge is 0.481 e. The van der Waals surface area contributed by atoms with E-state index in [2.05, 4.69) is 20.5 Å². The van der Waals surface area contributed by atoms with Crippen molar-refractivity contribution in [2.45, 2.75) is 13.0 Å². The summed E-state index contributed by atoms with van der Waals surface area (Å²) < 4.78 is 1.39. The average Bonchev–Trinajstić information content (AvgIpc) is 2.75. The van der Waals surface area contributed by atoms with Crippen molar-refractivity contribution in [2.24, 2.45) is 0 Å². The fraction of sp³-hybridized carbons (Fsp3) is 0.222. The smallest absolute Gasteiger partial charge is 0.305 e. The zero-order valence-electron chi connectivity index (χ0n) is 8.62. The Morgan fingerprint density at radius 3 is 2.94 bits per heavy atom. The summed E-state index contributed by atoms with van der Waals surface area (Å²) >= 11 is 5.72. The number of hydrogen-bond acceptors (Lipinski definition) is 5. The summed E-state index contributed by atoms with van der Waals surface area (Å²) in [5, 5.41) is 20.1. The summed E-state index contributed by atoms with van der Waals surface area (Å²) in [5.41, 5.74) is 0.546. The van der Waals surface area contributed by atoms with Gasteiger partial charge in [-0.2, -0.15) is 0 Å². The molecule has 17 heavy (non-hydrogen) atoms. The molecule has 0 fully saturated rings. The van der Waals surface area contributed by atoms with Crippen LogP contribution in [0.5, 0.6) is 0 Å². The summed E-state index contributed by atoms with van der Waals surface area (Å²) in [6.07, 6.45) is 1.43. The second-order valence-electron chi connectivity index (χ2n) is 3.23. The molecule has 0 aromatic carbocycles. The van der Waals surface area contributed by atoms with Gasteiger partial charge >= 0.3 is 5.97 Å². The lowest BCUT2D eigenvalue weighted by Gasteiger charge is -2.01. The summed E-state index contributed by atoms with van der Waals surface area (Å²) in [7, 11) is 0. The minimum atomic E-state index is -0.907. The highest BCUT2D eigenvalue weighted by Crippen LogP contribution is 2.15. The predicted octanol–water partition coefficient (Wildman–Crippen LogP) is 0.863. The monoisotopic (exact) mass is 253 g/mol. The number of aromatic nitrogens is 5. The first kappa shape index (κ1) is 11.5. The van der Waals surface area contributed by atoms with E-state index in [0.29, 0.717) is 16.5 Å². The molecule has 0 saturated carbocycles.